The third-order valence-electron chi connectivity index (χ3n) is 11.7. The van der Waals surface area contributed by atoms with Crippen LogP contribution in [0.5, 0.6) is 5.75 Å². The minimum Gasteiger partial charge on any atom is -0.486 e. The van der Waals surface area contributed by atoms with E-state index in [1.165, 1.54) is 11.1 Å². The van der Waals surface area contributed by atoms with Crippen molar-refractivity contribution in [2.24, 2.45) is 17.3 Å². The quantitative estimate of drug-likeness (QED) is 0.177. The van der Waals surface area contributed by atoms with E-state index >= 15 is 0 Å². The molecule has 282 valence electrons. The Kier molecular flexibility index (Phi) is 9.95. The van der Waals surface area contributed by atoms with Crippen molar-refractivity contribution >= 4 is 25.0 Å². The molecule has 2 saturated heterocycles. The summed E-state index contributed by atoms with van der Waals surface area (Å²) < 4.78 is 32.0. The number of likely N-dealkylation sites (tertiary alicyclic amines) is 1. The first-order valence-electron chi connectivity index (χ1n) is 18.8. The van der Waals surface area contributed by atoms with E-state index in [9.17, 15) is 14.4 Å². The molecule has 4 atom stereocenters. The lowest BCUT2D eigenvalue weighted by atomic mass is 9.43. The molecule has 2 aromatic carbocycles. The monoisotopic (exact) mass is 726 g/mol. The molecular formula is C40H51BN4O8. The molecule has 8 rings (SSSR count). The summed E-state index contributed by atoms with van der Waals surface area (Å²) in [5.74, 6) is 0.609. The van der Waals surface area contributed by atoms with Gasteiger partial charge in [-0.15, -0.1) is 5.10 Å². The molecule has 12 nitrogen and oxygen atoms in total. The number of nitrogens with zero attached hydrogens (tertiary/aromatic N) is 4. The third-order valence-corrected chi connectivity index (χ3v) is 11.7. The summed E-state index contributed by atoms with van der Waals surface area (Å²) in [6.07, 6.45) is 5.07. The minimum absolute atomic E-state index is 0.0378. The molecule has 13 heteroatoms. The Bertz CT molecular complexity index is 1850. The second kappa shape index (κ2) is 14.2. The third kappa shape index (κ3) is 7.73. The zero-order valence-corrected chi connectivity index (χ0v) is 31.9. The van der Waals surface area contributed by atoms with Gasteiger partial charge in [-0.2, -0.15) is 0 Å². The minimum atomic E-state index is -0.688. The zero-order chi connectivity index (χ0) is 37.7. The van der Waals surface area contributed by atoms with Crippen LogP contribution in [0.4, 0.5) is 0 Å². The van der Waals surface area contributed by atoms with Crippen LogP contribution in [0.15, 0.2) is 48.7 Å². The number of hydrogen-bond acceptors (Lipinski definition) is 10. The highest BCUT2D eigenvalue weighted by atomic mass is 16.7. The van der Waals surface area contributed by atoms with Gasteiger partial charge in [-0.25, -0.2) is 9.48 Å². The molecule has 53 heavy (non-hydrogen) atoms. The van der Waals surface area contributed by atoms with E-state index in [-0.39, 0.29) is 55.8 Å². The van der Waals surface area contributed by atoms with Crippen LogP contribution < -0.4 is 4.74 Å². The molecule has 1 amide bonds. The van der Waals surface area contributed by atoms with Gasteiger partial charge in [0.2, 0.25) is 5.91 Å². The second-order valence-corrected chi connectivity index (χ2v) is 16.9. The van der Waals surface area contributed by atoms with Crippen molar-refractivity contribution in [3.8, 4) is 5.75 Å². The zero-order valence-electron chi connectivity index (χ0n) is 31.9. The van der Waals surface area contributed by atoms with Crippen molar-refractivity contribution in [3.05, 3.63) is 76.6 Å². The van der Waals surface area contributed by atoms with E-state index in [4.69, 9.17) is 23.5 Å². The molecule has 3 aliphatic carbocycles. The summed E-state index contributed by atoms with van der Waals surface area (Å²) in [4.78, 5) is 40.6. The van der Waals surface area contributed by atoms with Gasteiger partial charge in [0.1, 0.15) is 36.2 Å². The van der Waals surface area contributed by atoms with Gasteiger partial charge in [0.05, 0.1) is 36.9 Å². The average Bonchev–Trinajstić information content (AvgIpc) is 3.66. The fourth-order valence-corrected chi connectivity index (χ4v) is 8.61. The molecule has 0 N–H and O–H groups in total. The van der Waals surface area contributed by atoms with Crippen molar-refractivity contribution < 1.29 is 37.9 Å². The molecule has 3 aromatic rings. The van der Waals surface area contributed by atoms with E-state index in [0.717, 1.165) is 23.1 Å². The van der Waals surface area contributed by atoms with Gasteiger partial charge in [0.25, 0.3) is 0 Å². The summed E-state index contributed by atoms with van der Waals surface area (Å²) in [5.41, 5.74) is 2.90. The first-order chi connectivity index (χ1) is 25.1. The summed E-state index contributed by atoms with van der Waals surface area (Å²) in [7, 11) is -0.287. The van der Waals surface area contributed by atoms with Crippen molar-refractivity contribution in [1.82, 2.24) is 19.9 Å². The molecule has 0 radical (unpaired) electrons. The molecule has 0 unspecified atom stereocenters. The lowest BCUT2D eigenvalue weighted by Crippen LogP contribution is -2.65. The Balaban J connectivity index is 0.931. The molecule has 1 aromatic heterocycles. The van der Waals surface area contributed by atoms with Crippen molar-refractivity contribution in [3.63, 3.8) is 0 Å². The lowest BCUT2D eigenvalue weighted by molar-refractivity contribution is -0.199. The molecule has 2 bridgehead atoms. The standard InChI is InChI=1S/C40H51BN4O8/c1-25-27(15-16-41-52-33-18-28-17-32(39(28,5)6)40(33,7)53-41)13-14-31(36(25)37(48)51-38(2,3)4)50-30-21-44(22-30)34(46)19-29-20-45(43-42-29)23-35(47)49-24-26-11-9-8-10-12-26/h8-14,20,28,30,32-33H,15-19,21-24H2,1-7H3/t28-,32-,33+,40-/m0/s1. The van der Waals surface area contributed by atoms with Crippen molar-refractivity contribution in [2.45, 2.75) is 117 Å². The van der Waals surface area contributed by atoms with E-state index in [1.807, 2.05) is 70.2 Å². The predicted molar refractivity (Wildman–Crippen MR) is 196 cm³/mol. The van der Waals surface area contributed by atoms with Crippen LogP contribution >= 0.6 is 0 Å². The number of esters is 2. The number of benzene rings is 2. The molecule has 5 fully saturated rings. The van der Waals surface area contributed by atoms with Gasteiger partial charge in [-0.3, -0.25) is 9.59 Å². The Morgan fingerprint density at radius 1 is 1.04 bits per heavy atom. The fourth-order valence-electron chi connectivity index (χ4n) is 8.61. The van der Waals surface area contributed by atoms with Crippen LogP contribution in [0.3, 0.4) is 0 Å². The van der Waals surface area contributed by atoms with Gasteiger partial charge in [-0.05, 0) is 100 Å². The maximum atomic E-state index is 13.6. The van der Waals surface area contributed by atoms with Gasteiger partial charge in [-0.1, -0.05) is 55.5 Å². The SMILES string of the molecule is Cc1c(CCB2O[C@@H]3C[C@@H]4C[C@@H](C4(C)C)[C@]3(C)O2)ccc(OC2CN(C(=O)Cc3cn(CC(=O)OCc4ccccc4)nn3)C2)c1C(=O)OC(C)(C)C. The molecule has 5 aliphatic rings. The number of aryl methyl sites for hydroxylation is 1. The molecule has 0 spiro atoms. The topological polar surface area (TPSA) is 131 Å². The number of aromatic nitrogens is 3. The predicted octanol–water partition coefficient (Wildman–Crippen LogP) is 5.39. The van der Waals surface area contributed by atoms with E-state index < -0.39 is 17.5 Å². The van der Waals surface area contributed by atoms with Crippen LogP contribution in [-0.4, -0.2) is 81.4 Å². The van der Waals surface area contributed by atoms with E-state index in [2.05, 4.69) is 31.1 Å². The summed E-state index contributed by atoms with van der Waals surface area (Å²) in [5, 5.41) is 8.05. The van der Waals surface area contributed by atoms with E-state index in [1.54, 1.807) is 11.1 Å². The summed E-state index contributed by atoms with van der Waals surface area (Å²) >= 11 is 0. The van der Waals surface area contributed by atoms with Gasteiger partial charge in [0, 0.05) is 6.20 Å². The largest absolute Gasteiger partial charge is 0.486 e. The number of amides is 1. The number of ether oxygens (including phenoxy) is 3. The number of rotatable bonds is 12. The Morgan fingerprint density at radius 2 is 1.79 bits per heavy atom. The Labute approximate surface area is 312 Å². The number of carbonyl (C=O) groups excluding carboxylic acids is 3. The number of carbonyl (C=O) groups is 3. The highest BCUT2D eigenvalue weighted by Gasteiger charge is 2.67. The molecule has 3 heterocycles. The van der Waals surface area contributed by atoms with Crippen LogP contribution in [0.25, 0.3) is 0 Å². The Hall–Kier alpha value is -4.23. The van der Waals surface area contributed by atoms with Gasteiger partial charge < -0.3 is 28.4 Å². The fraction of sp³-hybridized carbons (Fsp3) is 0.575. The average molecular weight is 727 g/mol. The lowest BCUT2D eigenvalue weighted by Gasteiger charge is -2.64. The first kappa shape index (κ1) is 37.1. The van der Waals surface area contributed by atoms with Gasteiger partial charge in [0.15, 0.2) is 0 Å². The maximum absolute atomic E-state index is 13.6. The molecule has 3 saturated carbocycles. The van der Waals surface area contributed by atoms with Crippen LogP contribution in [0.2, 0.25) is 6.32 Å². The van der Waals surface area contributed by atoms with Crippen LogP contribution in [-0.2, 0) is 54.4 Å². The van der Waals surface area contributed by atoms with E-state index in [0.29, 0.717) is 54.7 Å². The Morgan fingerprint density at radius 3 is 2.51 bits per heavy atom. The van der Waals surface area contributed by atoms with Crippen molar-refractivity contribution in [1.29, 1.82) is 0 Å². The highest BCUT2D eigenvalue weighted by molar-refractivity contribution is 6.45. The van der Waals surface area contributed by atoms with Gasteiger partial charge >= 0.3 is 19.1 Å². The first-order valence-corrected chi connectivity index (χ1v) is 18.8. The summed E-state index contributed by atoms with van der Waals surface area (Å²) in [6.45, 7) is 15.2. The smallest absolute Gasteiger partial charge is 0.457 e. The number of hydrogen-bond donors (Lipinski definition) is 0. The summed E-state index contributed by atoms with van der Waals surface area (Å²) in [6, 6.07) is 13.3. The van der Waals surface area contributed by atoms with Crippen LogP contribution in [0.1, 0.15) is 87.1 Å². The second-order valence-electron chi connectivity index (χ2n) is 16.9. The maximum Gasteiger partial charge on any atom is 0.457 e. The van der Waals surface area contributed by atoms with Crippen LogP contribution in [0, 0.1) is 24.2 Å². The molecular weight excluding hydrogens is 675 g/mol. The highest BCUT2D eigenvalue weighted by Crippen LogP contribution is 2.65. The normalized spacial score (nSPS) is 24.5. The van der Waals surface area contributed by atoms with Crippen molar-refractivity contribution in [2.75, 3.05) is 13.1 Å². The molecule has 2 aliphatic heterocycles.